The quantitative estimate of drug-likeness (QED) is 0.718. The molecule has 1 aromatic rings. The van der Waals surface area contributed by atoms with Crippen LogP contribution in [0.1, 0.15) is 18.5 Å². The molecule has 0 saturated carbocycles. The summed E-state index contributed by atoms with van der Waals surface area (Å²) in [7, 11) is 1.50. The summed E-state index contributed by atoms with van der Waals surface area (Å²) < 4.78 is 0. The van der Waals surface area contributed by atoms with Crippen LogP contribution < -0.4 is 10.6 Å². The maximum absolute atomic E-state index is 9.37. The van der Waals surface area contributed by atoms with E-state index in [1.807, 2.05) is 13.0 Å². The fourth-order valence-corrected chi connectivity index (χ4v) is 1.71. The van der Waals surface area contributed by atoms with Crippen molar-refractivity contribution in [3.63, 3.8) is 0 Å². The third-order valence-electron chi connectivity index (χ3n) is 2.58. The molecule has 0 radical (unpaired) electrons. The Balaban J connectivity index is 0.000000606. The first-order chi connectivity index (χ1) is 7.75. The summed E-state index contributed by atoms with van der Waals surface area (Å²) in [5.74, 6) is 0.976. The highest BCUT2D eigenvalue weighted by Gasteiger charge is 2.17. The first kappa shape index (κ1) is 12.9. The van der Waals surface area contributed by atoms with E-state index in [1.54, 1.807) is 6.33 Å². The highest BCUT2D eigenvalue weighted by Crippen LogP contribution is 2.17. The number of aromatic nitrogens is 2. The van der Waals surface area contributed by atoms with Crippen LogP contribution in [0.15, 0.2) is 12.4 Å². The first-order valence-electron chi connectivity index (χ1n) is 5.55. The normalized spacial score (nSPS) is 16.6. The van der Waals surface area contributed by atoms with Crippen LogP contribution in [0.3, 0.4) is 0 Å². The SMILES string of the molecule is CN.Cc1cc(N2CCC(O)CC2)ncn1. The Morgan fingerprint density at radius 1 is 1.31 bits per heavy atom. The highest BCUT2D eigenvalue weighted by atomic mass is 16.3. The minimum atomic E-state index is -0.130. The maximum Gasteiger partial charge on any atom is 0.132 e. The van der Waals surface area contributed by atoms with Crippen LogP contribution in [-0.2, 0) is 0 Å². The smallest absolute Gasteiger partial charge is 0.132 e. The molecule has 5 heteroatoms. The second-order valence-corrected chi connectivity index (χ2v) is 3.74. The molecule has 0 spiro atoms. The van der Waals surface area contributed by atoms with E-state index in [2.05, 4.69) is 20.6 Å². The van der Waals surface area contributed by atoms with Gasteiger partial charge >= 0.3 is 0 Å². The van der Waals surface area contributed by atoms with Crippen LogP contribution in [0.2, 0.25) is 0 Å². The van der Waals surface area contributed by atoms with Crippen molar-refractivity contribution in [2.75, 3.05) is 25.0 Å². The predicted molar refractivity (Wildman–Crippen MR) is 64.3 cm³/mol. The van der Waals surface area contributed by atoms with Gasteiger partial charge in [-0.2, -0.15) is 0 Å². The minimum Gasteiger partial charge on any atom is -0.393 e. The van der Waals surface area contributed by atoms with Crippen molar-refractivity contribution < 1.29 is 5.11 Å². The number of hydrogen-bond donors (Lipinski definition) is 2. The molecule has 0 aromatic carbocycles. The molecule has 1 aliphatic heterocycles. The van der Waals surface area contributed by atoms with Crippen molar-refractivity contribution >= 4 is 5.82 Å². The van der Waals surface area contributed by atoms with Gasteiger partial charge in [0.15, 0.2) is 0 Å². The first-order valence-corrected chi connectivity index (χ1v) is 5.55. The average molecular weight is 224 g/mol. The van der Waals surface area contributed by atoms with Gasteiger partial charge in [0.2, 0.25) is 0 Å². The largest absolute Gasteiger partial charge is 0.393 e. The van der Waals surface area contributed by atoms with Gasteiger partial charge in [0, 0.05) is 24.8 Å². The molecule has 0 amide bonds. The lowest BCUT2D eigenvalue weighted by atomic mass is 10.1. The zero-order valence-corrected chi connectivity index (χ0v) is 9.93. The van der Waals surface area contributed by atoms with Gasteiger partial charge < -0.3 is 15.7 Å². The molecular weight excluding hydrogens is 204 g/mol. The fraction of sp³-hybridized carbons (Fsp3) is 0.636. The number of aryl methyl sites for hydroxylation is 1. The number of nitrogens with zero attached hydrogens (tertiary/aromatic N) is 3. The third kappa shape index (κ3) is 3.43. The molecule has 16 heavy (non-hydrogen) atoms. The van der Waals surface area contributed by atoms with Gasteiger partial charge in [-0.25, -0.2) is 9.97 Å². The second kappa shape index (κ2) is 6.40. The molecule has 0 atom stereocenters. The lowest BCUT2D eigenvalue weighted by Crippen LogP contribution is -2.36. The van der Waals surface area contributed by atoms with Crippen molar-refractivity contribution in [2.24, 2.45) is 5.73 Å². The second-order valence-electron chi connectivity index (χ2n) is 3.74. The van der Waals surface area contributed by atoms with Crippen LogP contribution in [0, 0.1) is 6.92 Å². The van der Waals surface area contributed by atoms with Gasteiger partial charge in [0.05, 0.1) is 6.10 Å². The molecule has 0 unspecified atom stereocenters. The van der Waals surface area contributed by atoms with E-state index in [-0.39, 0.29) is 6.10 Å². The third-order valence-corrected chi connectivity index (χ3v) is 2.58. The molecule has 0 aliphatic carbocycles. The number of aliphatic hydroxyl groups excluding tert-OH is 1. The average Bonchev–Trinajstić information content (AvgIpc) is 2.32. The molecule has 1 aromatic heterocycles. The number of hydrogen-bond acceptors (Lipinski definition) is 5. The van der Waals surface area contributed by atoms with E-state index >= 15 is 0 Å². The Bertz CT molecular complexity index is 311. The molecule has 5 nitrogen and oxygen atoms in total. The van der Waals surface area contributed by atoms with Crippen molar-refractivity contribution in [3.05, 3.63) is 18.1 Å². The molecule has 90 valence electrons. The van der Waals surface area contributed by atoms with E-state index in [0.29, 0.717) is 0 Å². The van der Waals surface area contributed by atoms with Crippen LogP contribution in [0.4, 0.5) is 5.82 Å². The Kier molecular flexibility index (Phi) is 5.14. The molecule has 1 saturated heterocycles. The number of nitrogens with two attached hydrogens (primary N) is 1. The van der Waals surface area contributed by atoms with Crippen molar-refractivity contribution in [3.8, 4) is 0 Å². The number of piperidine rings is 1. The summed E-state index contributed by atoms with van der Waals surface area (Å²) in [5.41, 5.74) is 5.49. The summed E-state index contributed by atoms with van der Waals surface area (Å²) in [5, 5.41) is 9.37. The summed E-state index contributed by atoms with van der Waals surface area (Å²) in [4.78, 5) is 10.5. The summed E-state index contributed by atoms with van der Waals surface area (Å²) in [6.45, 7) is 3.74. The molecule has 2 heterocycles. The molecule has 0 bridgehead atoms. The molecule has 1 fully saturated rings. The minimum absolute atomic E-state index is 0.130. The molecule has 3 N–H and O–H groups in total. The van der Waals surface area contributed by atoms with Crippen molar-refractivity contribution in [1.29, 1.82) is 0 Å². The Hall–Kier alpha value is -1.20. The Morgan fingerprint density at radius 2 is 1.94 bits per heavy atom. The van der Waals surface area contributed by atoms with Crippen molar-refractivity contribution in [1.82, 2.24) is 9.97 Å². The standard InChI is InChI=1S/C10H15N3O.CH5N/c1-8-6-10(12-7-11-8)13-4-2-9(14)3-5-13;1-2/h6-7,9,14H,2-5H2,1H3;2H2,1H3. The van der Waals surface area contributed by atoms with Gasteiger partial charge in [-0.05, 0) is 26.8 Å². The highest BCUT2D eigenvalue weighted by molar-refractivity contribution is 5.38. The fourth-order valence-electron chi connectivity index (χ4n) is 1.71. The van der Waals surface area contributed by atoms with Gasteiger partial charge in [-0.3, -0.25) is 0 Å². The van der Waals surface area contributed by atoms with E-state index in [0.717, 1.165) is 37.4 Å². The lowest BCUT2D eigenvalue weighted by molar-refractivity contribution is 0.145. The van der Waals surface area contributed by atoms with E-state index in [9.17, 15) is 5.11 Å². The Labute approximate surface area is 96.3 Å². The van der Waals surface area contributed by atoms with E-state index < -0.39 is 0 Å². The summed E-state index contributed by atoms with van der Waals surface area (Å²) in [6.07, 6.45) is 3.14. The van der Waals surface area contributed by atoms with Crippen molar-refractivity contribution in [2.45, 2.75) is 25.9 Å². The monoisotopic (exact) mass is 224 g/mol. The maximum atomic E-state index is 9.37. The lowest BCUT2D eigenvalue weighted by Gasteiger charge is -2.30. The predicted octanol–water partition coefficient (Wildman–Crippen LogP) is 0.321. The van der Waals surface area contributed by atoms with Gasteiger partial charge in [-0.15, -0.1) is 0 Å². The Morgan fingerprint density at radius 3 is 2.50 bits per heavy atom. The van der Waals surface area contributed by atoms with Crippen LogP contribution in [0.5, 0.6) is 0 Å². The van der Waals surface area contributed by atoms with E-state index in [4.69, 9.17) is 0 Å². The zero-order chi connectivity index (χ0) is 12.0. The number of rotatable bonds is 1. The van der Waals surface area contributed by atoms with Crippen LogP contribution in [-0.4, -0.2) is 41.3 Å². The molecule has 1 aliphatic rings. The zero-order valence-electron chi connectivity index (χ0n) is 9.93. The number of anilines is 1. The van der Waals surface area contributed by atoms with E-state index in [1.165, 1.54) is 7.05 Å². The topological polar surface area (TPSA) is 75.3 Å². The summed E-state index contributed by atoms with van der Waals surface area (Å²) >= 11 is 0. The summed E-state index contributed by atoms with van der Waals surface area (Å²) in [6, 6.07) is 1.98. The van der Waals surface area contributed by atoms with Crippen LogP contribution in [0.25, 0.3) is 0 Å². The van der Waals surface area contributed by atoms with Gasteiger partial charge in [0.1, 0.15) is 12.1 Å². The number of aliphatic hydroxyl groups is 1. The van der Waals surface area contributed by atoms with Gasteiger partial charge in [-0.1, -0.05) is 0 Å². The molecular formula is C11H20N4O. The van der Waals surface area contributed by atoms with Gasteiger partial charge in [0.25, 0.3) is 0 Å². The molecule has 2 rings (SSSR count). The van der Waals surface area contributed by atoms with Crippen LogP contribution >= 0.6 is 0 Å².